The van der Waals surface area contributed by atoms with Gasteiger partial charge in [-0.1, -0.05) is 0 Å². The number of rotatable bonds is 6. The van der Waals surface area contributed by atoms with E-state index in [1.165, 1.54) is 24.1 Å². The summed E-state index contributed by atoms with van der Waals surface area (Å²) in [4.78, 5) is 24.2. The summed E-state index contributed by atoms with van der Waals surface area (Å²) in [5.74, 6) is -1.00. The summed E-state index contributed by atoms with van der Waals surface area (Å²) < 4.78 is 18.1. The lowest BCUT2D eigenvalue weighted by atomic mass is 10.3. The normalized spacial score (nSPS) is 13.6. The molecule has 1 aliphatic rings. The van der Waals surface area contributed by atoms with E-state index in [0.29, 0.717) is 18.2 Å². The number of carboxylic acids is 1. The minimum absolute atomic E-state index is 0.185. The highest BCUT2D eigenvalue weighted by Gasteiger charge is 2.28. The molecule has 6 nitrogen and oxygen atoms in total. The Morgan fingerprint density at radius 2 is 2.19 bits per heavy atom. The van der Waals surface area contributed by atoms with Crippen LogP contribution in [0.1, 0.15) is 12.8 Å². The molecule has 2 rings (SSSR count). The molecule has 0 unspecified atom stereocenters. The first-order valence-corrected chi connectivity index (χ1v) is 6.61. The van der Waals surface area contributed by atoms with Crippen LogP contribution in [0.2, 0.25) is 0 Å². The molecule has 1 aromatic rings. The minimum Gasteiger partial charge on any atom is -0.494 e. The highest BCUT2D eigenvalue weighted by molar-refractivity contribution is 5.92. The average molecular weight is 296 g/mol. The lowest BCUT2D eigenvalue weighted by Gasteiger charge is -2.21. The fraction of sp³-hybridized carbons (Fsp3) is 0.429. The van der Waals surface area contributed by atoms with E-state index in [4.69, 9.17) is 9.84 Å². The number of hydrogen-bond donors (Lipinski definition) is 2. The standard InChI is InChI=1S/C14H17FN2O4/c1-21-12-6-10(15)4-5-11(12)16-14(20)17(8-13(18)19)7-9-2-3-9/h4-6,9H,2-3,7-8H2,1H3,(H,16,20)(H,18,19). The summed E-state index contributed by atoms with van der Waals surface area (Å²) in [5, 5.41) is 11.4. The Balaban J connectivity index is 2.08. The molecule has 0 atom stereocenters. The molecule has 0 radical (unpaired) electrons. The van der Waals surface area contributed by atoms with Crippen LogP contribution in [0.25, 0.3) is 0 Å². The average Bonchev–Trinajstić information content (AvgIpc) is 3.23. The third-order valence-electron chi connectivity index (χ3n) is 3.19. The number of urea groups is 1. The van der Waals surface area contributed by atoms with Crippen LogP contribution in [0.5, 0.6) is 5.75 Å². The topological polar surface area (TPSA) is 78.9 Å². The van der Waals surface area contributed by atoms with Crippen molar-refractivity contribution >= 4 is 17.7 Å². The molecule has 21 heavy (non-hydrogen) atoms. The third kappa shape index (κ3) is 4.34. The molecule has 1 fully saturated rings. The monoisotopic (exact) mass is 296 g/mol. The maximum absolute atomic E-state index is 13.1. The van der Waals surface area contributed by atoms with Gasteiger partial charge in [0.1, 0.15) is 18.1 Å². The van der Waals surface area contributed by atoms with Crippen molar-refractivity contribution in [1.82, 2.24) is 4.90 Å². The molecule has 0 aromatic heterocycles. The summed E-state index contributed by atoms with van der Waals surface area (Å²) in [5.41, 5.74) is 0.301. The number of carboxylic acid groups (broad SMARTS) is 1. The summed E-state index contributed by atoms with van der Waals surface area (Å²) in [6.45, 7) is 0.0352. The quantitative estimate of drug-likeness (QED) is 0.843. The molecule has 1 aromatic carbocycles. The van der Waals surface area contributed by atoms with Crippen LogP contribution in [-0.2, 0) is 4.79 Å². The molecule has 1 saturated carbocycles. The molecule has 2 amide bonds. The summed E-state index contributed by atoms with van der Waals surface area (Å²) in [6.07, 6.45) is 2.01. The van der Waals surface area contributed by atoms with Crippen molar-refractivity contribution in [1.29, 1.82) is 0 Å². The van der Waals surface area contributed by atoms with Crippen LogP contribution in [0.15, 0.2) is 18.2 Å². The number of ether oxygens (including phenoxy) is 1. The van der Waals surface area contributed by atoms with E-state index in [-0.39, 0.29) is 12.3 Å². The second kappa shape index (κ2) is 6.43. The lowest BCUT2D eigenvalue weighted by Crippen LogP contribution is -2.40. The first-order valence-electron chi connectivity index (χ1n) is 6.61. The van der Waals surface area contributed by atoms with Crippen molar-refractivity contribution in [3.8, 4) is 5.75 Å². The largest absolute Gasteiger partial charge is 0.494 e. The number of amides is 2. The van der Waals surface area contributed by atoms with Crippen molar-refractivity contribution in [3.05, 3.63) is 24.0 Å². The van der Waals surface area contributed by atoms with E-state index in [1.54, 1.807) is 0 Å². The van der Waals surface area contributed by atoms with Crippen molar-refractivity contribution in [2.45, 2.75) is 12.8 Å². The van der Waals surface area contributed by atoms with Gasteiger partial charge in [-0.15, -0.1) is 0 Å². The predicted molar refractivity (Wildman–Crippen MR) is 73.9 cm³/mol. The number of halogens is 1. The molecule has 0 heterocycles. The zero-order valence-electron chi connectivity index (χ0n) is 11.6. The maximum Gasteiger partial charge on any atom is 0.323 e. The van der Waals surface area contributed by atoms with Crippen LogP contribution < -0.4 is 10.1 Å². The second-order valence-corrected chi connectivity index (χ2v) is 4.99. The Bertz CT molecular complexity index is 546. The number of anilines is 1. The highest BCUT2D eigenvalue weighted by Crippen LogP contribution is 2.30. The third-order valence-corrected chi connectivity index (χ3v) is 3.19. The van der Waals surface area contributed by atoms with Crippen LogP contribution in [-0.4, -0.2) is 42.2 Å². The molecular weight excluding hydrogens is 279 g/mol. The van der Waals surface area contributed by atoms with Gasteiger partial charge >= 0.3 is 12.0 Å². The Labute approximate surface area is 121 Å². The SMILES string of the molecule is COc1cc(F)ccc1NC(=O)N(CC(=O)O)CC1CC1. The van der Waals surface area contributed by atoms with Gasteiger partial charge in [-0.3, -0.25) is 4.79 Å². The molecular formula is C14H17FN2O4. The van der Waals surface area contributed by atoms with Gasteiger partial charge in [0.15, 0.2) is 0 Å². The molecule has 2 N–H and O–H groups in total. The summed E-state index contributed by atoms with van der Waals surface area (Å²) in [7, 11) is 1.36. The summed E-state index contributed by atoms with van der Waals surface area (Å²) >= 11 is 0. The van der Waals surface area contributed by atoms with Crippen molar-refractivity contribution in [2.24, 2.45) is 5.92 Å². The number of nitrogens with zero attached hydrogens (tertiary/aromatic N) is 1. The molecule has 114 valence electrons. The maximum atomic E-state index is 13.1. The van der Waals surface area contributed by atoms with Crippen molar-refractivity contribution < 1.29 is 23.8 Å². The second-order valence-electron chi connectivity index (χ2n) is 4.99. The van der Waals surface area contributed by atoms with E-state index in [1.807, 2.05) is 0 Å². The fourth-order valence-electron chi connectivity index (χ4n) is 1.96. The van der Waals surface area contributed by atoms with Gasteiger partial charge in [0, 0.05) is 12.6 Å². The van der Waals surface area contributed by atoms with E-state index >= 15 is 0 Å². The van der Waals surface area contributed by atoms with Crippen LogP contribution in [0, 0.1) is 11.7 Å². The minimum atomic E-state index is -1.07. The molecule has 0 saturated heterocycles. The van der Waals surface area contributed by atoms with Gasteiger partial charge < -0.3 is 20.1 Å². The lowest BCUT2D eigenvalue weighted by molar-refractivity contribution is -0.137. The van der Waals surface area contributed by atoms with Gasteiger partial charge in [-0.2, -0.15) is 0 Å². The predicted octanol–water partition coefficient (Wildman–Crippen LogP) is 2.16. The Morgan fingerprint density at radius 1 is 1.48 bits per heavy atom. The Morgan fingerprint density at radius 3 is 2.76 bits per heavy atom. The van der Waals surface area contributed by atoms with Crippen LogP contribution in [0.4, 0.5) is 14.9 Å². The Kier molecular flexibility index (Phi) is 4.62. The fourth-order valence-corrected chi connectivity index (χ4v) is 1.96. The smallest absolute Gasteiger partial charge is 0.323 e. The van der Waals surface area contributed by atoms with Gasteiger partial charge in [-0.05, 0) is 30.9 Å². The number of methoxy groups -OCH3 is 1. The van der Waals surface area contributed by atoms with Gasteiger partial charge in [0.25, 0.3) is 0 Å². The highest BCUT2D eigenvalue weighted by atomic mass is 19.1. The number of hydrogen-bond acceptors (Lipinski definition) is 3. The van der Waals surface area contributed by atoms with E-state index in [0.717, 1.165) is 18.9 Å². The zero-order chi connectivity index (χ0) is 15.4. The first-order chi connectivity index (χ1) is 9.99. The van der Waals surface area contributed by atoms with E-state index in [9.17, 15) is 14.0 Å². The number of nitrogens with one attached hydrogen (secondary N) is 1. The van der Waals surface area contributed by atoms with Crippen LogP contribution >= 0.6 is 0 Å². The number of aliphatic carboxylic acids is 1. The number of carbonyl (C=O) groups excluding carboxylic acids is 1. The van der Waals surface area contributed by atoms with Gasteiger partial charge in [0.05, 0.1) is 12.8 Å². The van der Waals surface area contributed by atoms with Crippen molar-refractivity contribution in [3.63, 3.8) is 0 Å². The zero-order valence-corrected chi connectivity index (χ0v) is 11.6. The van der Waals surface area contributed by atoms with Crippen LogP contribution in [0.3, 0.4) is 0 Å². The Hall–Kier alpha value is -2.31. The molecule has 7 heteroatoms. The first kappa shape index (κ1) is 15.1. The molecule has 0 bridgehead atoms. The van der Waals surface area contributed by atoms with Gasteiger partial charge in [0.2, 0.25) is 0 Å². The molecule has 1 aliphatic carbocycles. The van der Waals surface area contributed by atoms with E-state index in [2.05, 4.69) is 5.32 Å². The van der Waals surface area contributed by atoms with Crippen molar-refractivity contribution in [2.75, 3.05) is 25.5 Å². The molecule has 0 spiro atoms. The molecule has 0 aliphatic heterocycles. The van der Waals surface area contributed by atoms with Gasteiger partial charge in [-0.25, -0.2) is 9.18 Å². The van der Waals surface area contributed by atoms with E-state index < -0.39 is 17.8 Å². The number of carbonyl (C=O) groups is 2. The number of benzene rings is 1. The summed E-state index contributed by atoms with van der Waals surface area (Å²) in [6, 6.07) is 3.19.